The fourth-order valence-corrected chi connectivity index (χ4v) is 20.3. The van der Waals surface area contributed by atoms with Crippen molar-refractivity contribution in [2.24, 2.45) is 0 Å². The van der Waals surface area contributed by atoms with Crippen molar-refractivity contribution in [3.05, 3.63) is 21.8 Å². The minimum atomic E-state index is -2.46. The summed E-state index contributed by atoms with van der Waals surface area (Å²) in [7, 11) is 0. The Hall–Kier alpha value is 0.239. The third-order valence-corrected chi connectivity index (χ3v) is 20.8. The van der Waals surface area contributed by atoms with Gasteiger partial charge in [0.2, 0.25) is 0 Å². The molecule has 0 radical (unpaired) electrons. The van der Waals surface area contributed by atoms with E-state index in [-0.39, 0.29) is 0 Å². The Labute approximate surface area is 163 Å². The van der Waals surface area contributed by atoms with Gasteiger partial charge in [-0.15, -0.1) is 0 Å². The third kappa shape index (κ3) is 11.5. The zero-order chi connectivity index (χ0) is 19.2. The van der Waals surface area contributed by atoms with Crippen molar-refractivity contribution in [2.45, 2.75) is 118 Å². The molecule has 25 heavy (non-hydrogen) atoms. The van der Waals surface area contributed by atoms with E-state index in [1.54, 1.807) is 3.59 Å². The molecule has 0 aliphatic rings. The van der Waals surface area contributed by atoms with Gasteiger partial charge in [0.05, 0.1) is 0 Å². The van der Waals surface area contributed by atoms with Crippen LogP contribution in [0.4, 0.5) is 0 Å². The Morgan fingerprint density at radius 3 is 1.60 bits per heavy atom. The summed E-state index contributed by atoms with van der Waals surface area (Å²) in [5, 5.41) is 10.6. The summed E-state index contributed by atoms with van der Waals surface area (Å²) in [5.41, 5.74) is -0.697. The first-order chi connectivity index (χ1) is 11.8. The van der Waals surface area contributed by atoms with Crippen LogP contribution in [0.2, 0.25) is 13.3 Å². The second kappa shape index (κ2) is 14.3. The van der Waals surface area contributed by atoms with Crippen molar-refractivity contribution in [1.29, 1.82) is 0 Å². The molecule has 148 valence electrons. The molecule has 1 N–H and O–H groups in total. The molecule has 0 unspecified atom stereocenters. The van der Waals surface area contributed by atoms with Gasteiger partial charge in [-0.25, -0.2) is 0 Å². The fourth-order valence-electron chi connectivity index (χ4n) is 3.64. The maximum atomic E-state index is 10.6. The molecule has 0 amide bonds. The van der Waals surface area contributed by atoms with E-state index in [1.165, 1.54) is 71.1 Å². The van der Waals surface area contributed by atoms with Gasteiger partial charge in [0.25, 0.3) is 0 Å². The van der Waals surface area contributed by atoms with Gasteiger partial charge < -0.3 is 0 Å². The Balaban J connectivity index is 5.78. The average molecular weight is 457 g/mol. The molecular formula is C23H46OSn. The van der Waals surface area contributed by atoms with Gasteiger partial charge >= 0.3 is 164 Å². The van der Waals surface area contributed by atoms with E-state index in [9.17, 15) is 5.11 Å². The van der Waals surface area contributed by atoms with Gasteiger partial charge in [-0.2, -0.15) is 0 Å². The van der Waals surface area contributed by atoms with Gasteiger partial charge in [-0.05, 0) is 0 Å². The van der Waals surface area contributed by atoms with Crippen LogP contribution in [0.1, 0.15) is 99.3 Å². The standard InChI is InChI=1S/C11H19O.3C4H9.Sn/c1-4-5-6-7-8-9-10-11(2,3)12;3*1-3-4-2;/h7-8,10,12H,4-6H2,1-3H3;3*1,3-4H2,2H3;/b8-7+,10-9?;;;;. The van der Waals surface area contributed by atoms with Crippen LogP contribution < -0.4 is 0 Å². The van der Waals surface area contributed by atoms with Gasteiger partial charge in [0, 0.05) is 0 Å². The number of rotatable bonds is 15. The van der Waals surface area contributed by atoms with Gasteiger partial charge in [0.15, 0.2) is 0 Å². The van der Waals surface area contributed by atoms with E-state index in [4.69, 9.17) is 0 Å². The molecule has 0 aliphatic carbocycles. The van der Waals surface area contributed by atoms with E-state index >= 15 is 0 Å². The van der Waals surface area contributed by atoms with Crippen LogP contribution in [0.15, 0.2) is 21.8 Å². The summed E-state index contributed by atoms with van der Waals surface area (Å²) < 4.78 is 6.00. The molecule has 0 spiro atoms. The molecule has 0 bridgehead atoms. The van der Waals surface area contributed by atoms with E-state index in [0.717, 1.165) is 0 Å². The molecule has 2 heteroatoms. The molecule has 0 aliphatic heterocycles. The first-order valence-electron chi connectivity index (χ1n) is 11.0. The van der Waals surface area contributed by atoms with Gasteiger partial charge in [-0.1, -0.05) is 0 Å². The predicted octanol–water partition coefficient (Wildman–Crippen LogP) is 7.82. The molecule has 0 rings (SSSR count). The predicted molar refractivity (Wildman–Crippen MR) is 118 cm³/mol. The van der Waals surface area contributed by atoms with E-state index in [0.29, 0.717) is 0 Å². The summed E-state index contributed by atoms with van der Waals surface area (Å²) in [5.74, 6) is 0. The first-order valence-corrected chi connectivity index (χ1v) is 18.5. The van der Waals surface area contributed by atoms with Crippen molar-refractivity contribution >= 4 is 18.4 Å². The normalized spacial score (nSPS) is 13.8. The van der Waals surface area contributed by atoms with Crippen LogP contribution in [0.25, 0.3) is 0 Å². The molecule has 0 saturated carbocycles. The molecule has 1 nitrogen and oxygen atoms in total. The maximum absolute atomic E-state index is 10.6. The summed E-state index contributed by atoms with van der Waals surface area (Å²) >= 11 is -2.46. The molecule has 0 atom stereocenters. The van der Waals surface area contributed by atoms with Crippen LogP contribution in [0.3, 0.4) is 0 Å². The van der Waals surface area contributed by atoms with Crippen molar-refractivity contribution in [3.63, 3.8) is 0 Å². The Bertz CT molecular complexity index is 354. The van der Waals surface area contributed by atoms with Crippen LogP contribution in [-0.4, -0.2) is 29.1 Å². The molecule has 0 saturated heterocycles. The molecule has 0 heterocycles. The SMILES string of the molecule is CCCC/C=C/[C](=C\C(C)(C)O)[Sn]([CH2]CCC)([CH2]CCC)[CH2]CCC. The summed E-state index contributed by atoms with van der Waals surface area (Å²) in [6, 6.07) is 0. The second-order valence-electron chi connectivity index (χ2n) is 8.39. The zero-order valence-corrected chi connectivity index (χ0v) is 21.0. The van der Waals surface area contributed by atoms with E-state index in [2.05, 4.69) is 45.9 Å². The molecular weight excluding hydrogens is 411 g/mol. The van der Waals surface area contributed by atoms with Crippen LogP contribution in [-0.2, 0) is 0 Å². The molecule has 0 fully saturated rings. The van der Waals surface area contributed by atoms with Crippen LogP contribution in [0.5, 0.6) is 0 Å². The molecule has 0 aromatic rings. The third-order valence-electron chi connectivity index (χ3n) is 5.17. The van der Waals surface area contributed by atoms with Crippen molar-refractivity contribution in [3.8, 4) is 0 Å². The number of hydrogen-bond acceptors (Lipinski definition) is 1. The zero-order valence-electron chi connectivity index (χ0n) is 18.2. The Kier molecular flexibility index (Phi) is 14.5. The van der Waals surface area contributed by atoms with Gasteiger partial charge in [0.1, 0.15) is 0 Å². The summed E-state index contributed by atoms with van der Waals surface area (Å²) in [4.78, 5) is 0. The van der Waals surface area contributed by atoms with Crippen LogP contribution >= 0.6 is 0 Å². The van der Waals surface area contributed by atoms with Gasteiger partial charge in [-0.3, -0.25) is 0 Å². The number of aliphatic hydroxyl groups is 1. The molecule has 0 aromatic heterocycles. The Morgan fingerprint density at radius 1 is 0.800 bits per heavy atom. The summed E-state index contributed by atoms with van der Waals surface area (Å²) in [6.07, 6.45) is 18.8. The van der Waals surface area contributed by atoms with Crippen LogP contribution in [0, 0.1) is 0 Å². The van der Waals surface area contributed by atoms with Crippen molar-refractivity contribution in [2.75, 3.05) is 0 Å². The van der Waals surface area contributed by atoms with Crippen molar-refractivity contribution < 1.29 is 5.11 Å². The summed E-state index contributed by atoms with van der Waals surface area (Å²) in [6.45, 7) is 13.1. The van der Waals surface area contributed by atoms with E-state index in [1.807, 2.05) is 13.8 Å². The number of allylic oxidation sites excluding steroid dienone is 3. The fraction of sp³-hybridized carbons (Fsp3) is 0.826. The van der Waals surface area contributed by atoms with E-state index < -0.39 is 24.0 Å². The first kappa shape index (κ1) is 25.2. The average Bonchev–Trinajstić information content (AvgIpc) is 2.56. The Morgan fingerprint density at radius 2 is 1.24 bits per heavy atom. The monoisotopic (exact) mass is 458 g/mol. The topological polar surface area (TPSA) is 20.2 Å². The molecule has 0 aromatic carbocycles. The number of hydrogen-bond donors (Lipinski definition) is 1. The quantitative estimate of drug-likeness (QED) is 0.151. The minimum absolute atomic E-state index is 0.697. The second-order valence-corrected chi connectivity index (χ2v) is 21.6. The number of unbranched alkanes of at least 4 members (excludes halogenated alkanes) is 5. The van der Waals surface area contributed by atoms with Crippen molar-refractivity contribution in [1.82, 2.24) is 0 Å².